The summed E-state index contributed by atoms with van der Waals surface area (Å²) in [6.07, 6.45) is 8.44. The van der Waals surface area contributed by atoms with E-state index < -0.39 is 0 Å². The van der Waals surface area contributed by atoms with Crippen LogP contribution in [0.2, 0.25) is 0 Å². The third-order valence-corrected chi connectivity index (χ3v) is 7.18. The summed E-state index contributed by atoms with van der Waals surface area (Å²) in [4.78, 5) is 4.96. The van der Waals surface area contributed by atoms with Gasteiger partial charge >= 0.3 is 0 Å². The Hall–Kier alpha value is -0.410. The van der Waals surface area contributed by atoms with Crippen molar-refractivity contribution in [1.82, 2.24) is 4.98 Å². The van der Waals surface area contributed by atoms with Gasteiger partial charge in [-0.2, -0.15) is 0 Å². The normalized spacial score (nSPS) is 47.7. The van der Waals surface area contributed by atoms with Gasteiger partial charge in [0.05, 0.1) is 10.7 Å². The van der Waals surface area contributed by atoms with E-state index in [2.05, 4.69) is 19.2 Å². The van der Waals surface area contributed by atoms with E-state index in [0.717, 1.165) is 11.6 Å². The second-order valence-electron chi connectivity index (χ2n) is 8.78. The summed E-state index contributed by atoms with van der Waals surface area (Å²) in [6, 6.07) is 0.0695. The van der Waals surface area contributed by atoms with Gasteiger partial charge in [0.25, 0.3) is 0 Å². The lowest BCUT2D eigenvalue weighted by atomic mass is 9.40. The Morgan fingerprint density at radius 3 is 2.35 bits per heavy atom. The Kier molecular flexibility index (Phi) is 2.56. The minimum atomic E-state index is 0.0695. The van der Waals surface area contributed by atoms with Gasteiger partial charge < -0.3 is 5.73 Å². The Morgan fingerprint density at radius 1 is 1.20 bits per heavy atom. The number of rotatable bonds is 2. The predicted octanol–water partition coefficient (Wildman–Crippen LogP) is 4.41. The highest BCUT2D eigenvalue weighted by molar-refractivity contribution is 7.09. The molecule has 1 aromatic heterocycles. The molecule has 3 atom stereocenters. The Balaban J connectivity index is 1.76. The Labute approximate surface area is 126 Å². The molecule has 4 bridgehead atoms. The number of hydrogen-bond donors (Lipinski definition) is 1. The molecular formula is C17H26N2S. The fourth-order valence-corrected chi connectivity index (χ4v) is 7.56. The molecule has 3 heteroatoms. The number of hydrogen-bond acceptors (Lipinski definition) is 3. The van der Waals surface area contributed by atoms with Crippen LogP contribution in [0, 0.1) is 16.7 Å². The van der Waals surface area contributed by atoms with E-state index in [1.54, 1.807) is 0 Å². The van der Waals surface area contributed by atoms with E-state index in [4.69, 9.17) is 10.7 Å². The summed E-state index contributed by atoms with van der Waals surface area (Å²) in [5.74, 6) is 0.934. The molecule has 3 unspecified atom stereocenters. The van der Waals surface area contributed by atoms with Gasteiger partial charge in [0.1, 0.15) is 0 Å². The summed E-state index contributed by atoms with van der Waals surface area (Å²) in [6.45, 7) is 7.11. The van der Waals surface area contributed by atoms with Gasteiger partial charge in [0.15, 0.2) is 0 Å². The molecule has 2 nitrogen and oxygen atoms in total. The minimum absolute atomic E-state index is 0.0695. The first kappa shape index (κ1) is 13.3. The first-order valence-corrected chi connectivity index (χ1v) is 8.91. The zero-order valence-electron chi connectivity index (χ0n) is 12.9. The number of nitrogens with zero attached hydrogens (tertiary/aromatic N) is 1. The van der Waals surface area contributed by atoms with Crippen molar-refractivity contribution < 1.29 is 0 Å². The molecule has 4 saturated carbocycles. The topological polar surface area (TPSA) is 38.9 Å². The van der Waals surface area contributed by atoms with Crippen LogP contribution >= 0.6 is 11.3 Å². The van der Waals surface area contributed by atoms with Gasteiger partial charge in [-0.25, -0.2) is 4.98 Å². The van der Waals surface area contributed by atoms with Crippen LogP contribution in [0.5, 0.6) is 0 Å². The maximum absolute atomic E-state index is 6.01. The lowest BCUT2D eigenvalue weighted by molar-refractivity contribution is -0.110. The van der Waals surface area contributed by atoms with Crippen molar-refractivity contribution >= 4 is 11.3 Å². The third kappa shape index (κ3) is 1.82. The molecule has 0 aliphatic heterocycles. The van der Waals surface area contributed by atoms with Crippen molar-refractivity contribution in [2.24, 2.45) is 22.5 Å². The van der Waals surface area contributed by atoms with E-state index in [0.29, 0.717) is 16.2 Å². The van der Waals surface area contributed by atoms with Crippen LogP contribution in [0.25, 0.3) is 0 Å². The molecular weight excluding hydrogens is 264 g/mol. The predicted molar refractivity (Wildman–Crippen MR) is 83.8 cm³/mol. The fraction of sp³-hybridized carbons (Fsp3) is 0.824. The maximum Gasteiger partial charge on any atom is 0.0991 e. The summed E-state index contributed by atoms with van der Waals surface area (Å²) in [5.41, 5.74) is 8.61. The second kappa shape index (κ2) is 3.86. The smallest absolute Gasteiger partial charge is 0.0991 e. The zero-order chi connectivity index (χ0) is 14.2. The van der Waals surface area contributed by atoms with Gasteiger partial charge in [-0.1, -0.05) is 13.8 Å². The highest BCUT2D eigenvalue weighted by atomic mass is 32.1. The highest BCUT2D eigenvalue weighted by Crippen LogP contribution is 2.70. The van der Waals surface area contributed by atoms with Crippen molar-refractivity contribution in [2.75, 3.05) is 0 Å². The molecule has 0 saturated heterocycles. The van der Waals surface area contributed by atoms with E-state index in [-0.39, 0.29) is 6.04 Å². The molecule has 1 heterocycles. The summed E-state index contributed by atoms with van der Waals surface area (Å²) in [5, 5.41) is 3.59. The first-order chi connectivity index (χ1) is 9.32. The van der Waals surface area contributed by atoms with Crippen LogP contribution in [-0.4, -0.2) is 4.98 Å². The van der Waals surface area contributed by atoms with Gasteiger partial charge in [0, 0.05) is 16.8 Å². The van der Waals surface area contributed by atoms with E-state index in [9.17, 15) is 0 Å². The van der Waals surface area contributed by atoms with E-state index >= 15 is 0 Å². The maximum atomic E-state index is 6.01. The van der Waals surface area contributed by atoms with Crippen LogP contribution < -0.4 is 5.73 Å². The monoisotopic (exact) mass is 290 g/mol. The van der Waals surface area contributed by atoms with Gasteiger partial charge in [-0.05, 0) is 62.2 Å². The van der Waals surface area contributed by atoms with Crippen molar-refractivity contribution in [3.8, 4) is 0 Å². The number of aromatic nitrogens is 1. The third-order valence-electron chi connectivity index (χ3n) is 6.07. The van der Waals surface area contributed by atoms with Crippen LogP contribution in [0.15, 0.2) is 5.38 Å². The Morgan fingerprint density at radius 2 is 1.85 bits per heavy atom. The SMILES string of the molecule is CC(N)c1csc(C23CC4CC(C)(CC(C)(C4)C2)C3)n1. The molecule has 1 aromatic rings. The van der Waals surface area contributed by atoms with Crippen LogP contribution in [0.1, 0.15) is 76.0 Å². The van der Waals surface area contributed by atoms with Crippen LogP contribution in [0.3, 0.4) is 0 Å². The molecule has 4 fully saturated rings. The lowest BCUT2D eigenvalue weighted by Crippen LogP contribution is -2.56. The van der Waals surface area contributed by atoms with Crippen LogP contribution in [-0.2, 0) is 5.41 Å². The average molecular weight is 290 g/mol. The van der Waals surface area contributed by atoms with Crippen LogP contribution in [0.4, 0.5) is 0 Å². The molecule has 0 radical (unpaired) electrons. The fourth-order valence-electron chi connectivity index (χ4n) is 6.43. The van der Waals surface area contributed by atoms with Gasteiger partial charge in [0.2, 0.25) is 0 Å². The molecule has 0 spiro atoms. The van der Waals surface area contributed by atoms with E-state index in [1.807, 2.05) is 18.3 Å². The standard InChI is InChI=1S/C17H26N2S/c1-11(18)13-7-20-14(19-13)17-6-12-4-15(2,9-17)8-16(3,5-12)10-17/h7,11-12H,4-6,8-10,18H2,1-3H3. The zero-order valence-corrected chi connectivity index (χ0v) is 13.7. The molecule has 110 valence electrons. The largest absolute Gasteiger partial charge is 0.323 e. The van der Waals surface area contributed by atoms with Crippen molar-refractivity contribution in [3.05, 3.63) is 16.1 Å². The summed E-state index contributed by atoms with van der Waals surface area (Å²) in [7, 11) is 0. The summed E-state index contributed by atoms with van der Waals surface area (Å²) < 4.78 is 0. The molecule has 0 aromatic carbocycles. The van der Waals surface area contributed by atoms with Gasteiger partial charge in [-0.3, -0.25) is 0 Å². The van der Waals surface area contributed by atoms with E-state index in [1.165, 1.54) is 43.5 Å². The molecule has 20 heavy (non-hydrogen) atoms. The van der Waals surface area contributed by atoms with Gasteiger partial charge in [-0.15, -0.1) is 11.3 Å². The van der Waals surface area contributed by atoms with Crippen molar-refractivity contribution in [3.63, 3.8) is 0 Å². The molecule has 5 rings (SSSR count). The molecule has 4 aliphatic rings. The number of thiazole rings is 1. The Bertz CT molecular complexity index is 529. The quantitative estimate of drug-likeness (QED) is 0.876. The highest BCUT2D eigenvalue weighted by Gasteiger charge is 2.61. The minimum Gasteiger partial charge on any atom is -0.323 e. The second-order valence-corrected chi connectivity index (χ2v) is 9.63. The average Bonchev–Trinajstić information content (AvgIpc) is 2.72. The lowest BCUT2D eigenvalue weighted by Gasteiger charge is -2.64. The molecule has 0 amide bonds. The van der Waals surface area contributed by atoms with Crippen molar-refractivity contribution in [1.29, 1.82) is 0 Å². The van der Waals surface area contributed by atoms with Crippen molar-refractivity contribution in [2.45, 2.75) is 70.8 Å². The summed E-state index contributed by atoms with van der Waals surface area (Å²) >= 11 is 1.87. The number of nitrogens with two attached hydrogens (primary N) is 1. The molecule has 2 N–H and O–H groups in total. The molecule has 4 aliphatic carbocycles. The first-order valence-electron chi connectivity index (χ1n) is 8.03.